The van der Waals surface area contributed by atoms with Gasteiger partial charge in [0.15, 0.2) is 0 Å². The van der Waals surface area contributed by atoms with Gasteiger partial charge < -0.3 is 10.2 Å². The number of rotatable bonds is 11. The average molecular weight is 515 g/mol. The molecular weight excluding hydrogens is 476 g/mol. The van der Waals surface area contributed by atoms with E-state index in [2.05, 4.69) is 5.32 Å². The van der Waals surface area contributed by atoms with Crippen LogP contribution in [0.3, 0.4) is 0 Å². The Bertz CT molecular complexity index is 1090. The topological polar surface area (TPSA) is 90.0 Å². The van der Waals surface area contributed by atoms with Crippen LogP contribution in [0.2, 0.25) is 0 Å². The van der Waals surface area contributed by atoms with Gasteiger partial charge in [-0.25, -0.2) is 4.31 Å². The molecule has 0 saturated heterocycles. The van der Waals surface area contributed by atoms with Crippen LogP contribution < -0.4 is 9.62 Å². The van der Waals surface area contributed by atoms with Crippen LogP contribution in [-0.2, 0) is 26.2 Å². The van der Waals surface area contributed by atoms with Crippen molar-refractivity contribution < 1.29 is 18.0 Å². The highest BCUT2D eigenvalue weighted by Crippen LogP contribution is 2.21. The van der Waals surface area contributed by atoms with Gasteiger partial charge in [-0.1, -0.05) is 67.8 Å². The summed E-state index contributed by atoms with van der Waals surface area (Å²) < 4.78 is 28.5. The molecule has 9 heteroatoms. The van der Waals surface area contributed by atoms with Crippen molar-refractivity contribution in [1.82, 2.24) is 14.5 Å². The molecule has 3 rings (SSSR count). The predicted octanol–water partition coefficient (Wildman–Crippen LogP) is 3.21. The molecule has 0 unspecified atom stereocenters. The van der Waals surface area contributed by atoms with Crippen LogP contribution in [0, 0.1) is 0 Å². The van der Waals surface area contributed by atoms with Gasteiger partial charge in [-0.3, -0.25) is 9.59 Å². The van der Waals surface area contributed by atoms with Gasteiger partial charge in [-0.05, 0) is 43.9 Å². The van der Waals surface area contributed by atoms with E-state index in [0.29, 0.717) is 18.7 Å². The van der Waals surface area contributed by atoms with Crippen molar-refractivity contribution in [3.8, 4) is 0 Å². The Balaban J connectivity index is 1.84. The van der Waals surface area contributed by atoms with Crippen LogP contribution in [0.4, 0.5) is 5.69 Å². The van der Waals surface area contributed by atoms with Crippen molar-refractivity contribution in [3.05, 3.63) is 66.2 Å². The van der Waals surface area contributed by atoms with Gasteiger partial charge in [-0.15, -0.1) is 0 Å². The number of hydrogen-bond acceptors (Lipinski definition) is 4. The van der Waals surface area contributed by atoms with Gasteiger partial charge in [0, 0.05) is 26.7 Å². The number of amides is 2. The van der Waals surface area contributed by atoms with Gasteiger partial charge in [-0.2, -0.15) is 12.7 Å². The molecule has 8 nitrogen and oxygen atoms in total. The number of nitrogens with zero attached hydrogens (tertiary/aromatic N) is 3. The first kappa shape index (κ1) is 27.7. The normalized spacial score (nSPS) is 15.3. The minimum Gasteiger partial charge on any atom is -0.352 e. The SMILES string of the molecule is C[C@@H](C(=O)NC1CCCCC1)N(CCc1ccccc1)C(=O)CN(c1ccccc1)S(=O)(=O)N(C)C. The molecule has 2 aromatic carbocycles. The lowest BCUT2D eigenvalue weighted by molar-refractivity contribution is -0.139. The summed E-state index contributed by atoms with van der Waals surface area (Å²) in [5.74, 6) is -0.628. The number of para-hydroxylation sites is 1. The molecule has 1 atom stereocenters. The monoisotopic (exact) mass is 514 g/mol. The molecule has 196 valence electrons. The fourth-order valence-corrected chi connectivity index (χ4v) is 5.51. The van der Waals surface area contributed by atoms with Crippen LogP contribution in [0.25, 0.3) is 0 Å². The van der Waals surface area contributed by atoms with Crippen LogP contribution in [0.5, 0.6) is 0 Å². The number of carbonyl (C=O) groups is 2. The van der Waals surface area contributed by atoms with Crippen LogP contribution in [-0.4, -0.2) is 68.7 Å². The number of carbonyl (C=O) groups excluding carboxylic acids is 2. The molecule has 1 saturated carbocycles. The largest absolute Gasteiger partial charge is 0.352 e. The second-order valence-electron chi connectivity index (χ2n) is 9.47. The van der Waals surface area contributed by atoms with Crippen molar-refractivity contribution in [2.75, 3.05) is 31.5 Å². The third-order valence-electron chi connectivity index (χ3n) is 6.67. The summed E-state index contributed by atoms with van der Waals surface area (Å²) >= 11 is 0. The molecule has 1 N–H and O–H groups in total. The molecule has 1 fully saturated rings. The van der Waals surface area contributed by atoms with E-state index in [1.54, 1.807) is 37.3 Å². The summed E-state index contributed by atoms with van der Waals surface area (Å²) in [5, 5.41) is 3.11. The standard InChI is InChI=1S/C27H38N4O4S/c1-22(27(33)28-24-15-9-5-10-16-24)30(20-19-23-13-7-4-8-14-23)26(32)21-31(36(34,35)29(2)3)25-17-11-6-12-18-25/h4,6-8,11-14,17-18,22,24H,5,9-10,15-16,19-21H2,1-3H3,(H,28,33)/t22-/m0/s1. The molecule has 2 aromatic rings. The third-order valence-corrected chi connectivity index (χ3v) is 8.49. The maximum Gasteiger partial charge on any atom is 0.304 e. The lowest BCUT2D eigenvalue weighted by Gasteiger charge is -2.33. The Morgan fingerprint density at radius 3 is 2.11 bits per heavy atom. The molecule has 0 bridgehead atoms. The zero-order chi connectivity index (χ0) is 26.1. The fraction of sp³-hybridized carbons (Fsp3) is 0.481. The van der Waals surface area contributed by atoms with Crippen molar-refractivity contribution in [3.63, 3.8) is 0 Å². The average Bonchev–Trinajstić information content (AvgIpc) is 2.88. The molecule has 0 spiro atoms. The Morgan fingerprint density at radius 2 is 1.53 bits per heavy atom. The fourth-order valence-electron chi connectivity index (χ4n) is 4.45. The second kappa shape index (κ2) is 12.9. The highest BCUT2D eigenvalue weighted by molar-refractivity contribution is 7.90. The van der Waals surface area contributed by atoms with Gasteiger partial charge in [0.05, 0.1) is 5.69 Å². The van der Waals surface area contributed by atoms with E-state index in [0.717, 1.165) is 39.9 Å². The van der Waals surface area contributed by atoms with Crippen LogP contribution >= 0.6 is 0 Å². The number of benzene rings is 2. The maximum absolute atomic E-state index is 13.7. The Labute approximate surface area is 215 Å². The van der Waals surface area contributed by atoms with E-state index in [1.807, 2.05) is 30.3 Å². The van der Waals surface area contributed by atoms with Crippen molar-refractivity contribution in [2.45, 2.75) is 57.5 Å². The van der Waals surface area contributed by atoms with Crippen molar-refractivity contribution in [2.24, 2.45) is 0 Å². The second-order valence-corrected chi connectivity index (χ2v) is 11.5. The summed E-state index contributed by atoms with van der Waals surface area (Å²) in [6.07, 6.45) is 5.80. The highest BCUT2D eigenvalue weighted by Gasteiger charge is 2.33. The third kappa shape index (κ3) is 7.30. The van der Waals surface area contributed by atoms with Crippen molar-refractivity contribution in [1.29, 1.82) is 0 Å². The first-order valence-electron chi connectivity index (χ1n) is 12.6. The Morgan fingerprint density at radius 1 is 0.944 bits per heavy atom. The maximum atomic E-state index is 13.7. The minimum absolute atomic E-state index is 0.120. The first-order chi connectivity index (χ1) is 17.2. The Kier molecular flexibility index (Phi) is 9.89. The summed E-state index contributed by atoms with van der Waals surface area (Å²) in [6.45, 7) is 1.61. The zero-order valence-corrected chi connectivity index (χ0v) is 22.3. The predicted molar refractivity (Wildman–Crippen MR) is 143 cm³/mol. The molecule has 0 heterocycles. The van der Waals surface area contributed by atoms with Crippen LogP contribution in [0.15, 0.2) is 60.7 Å². The molecule has 0 aliphatic heterocycles. The van der Waals surface area contributed by atoms with Gasteiger partial charge >= 0.3 is 10.2 Å². The van der Waals surface area contributed by atoms with E-state index in [1.165, 1.54) is 25.4 Å². The van der Waals surface area contributed by atoms with Crippen LogP contribution in [0.1, 0.15) is 44.6 Å². The molecular formula is C27H38N4O4S. The smallest absolute Gasteiger partial charge is 0.304 e. The number of hydrogen-bond donors (Lipinski definition) is 1. The molecule has 1 aliphatic carbocycles. The zero-order valence-electron chi connectivity index (χ0n) is 21.5. The van der Waals surface area contributed by atoms with Gasteiger partial charge in [0.1, 0.15) is 12.6 Å². The van der Waals surface area contributed by atoms with E-state index in [9.17, 15) is 18.0 Å². The van der Waals surface area contributed by atoms with Gasteiger partial charge in [0.25, 0.3) is 0 Å². The summed E-state index contributed by atoms with van der Waals surface area (Å²) in [6, 6.07) is 17.7. The van der Waals surface area contributed by atoms with Crippen molar-refractivity contribution >= 4 is 27.7 Å². The van der Waals surface area contributed by atoms with Gasteiger partial charge in [0.2, 0.25) is 11.8 Å². The summed E-state index contributed by atoms with van der Waals surface area (Å²) in [5.41, 5.74) is 1.43. The number of anilines is 1. The van der Waals surface area contributed by atoms with E-state index >= 15 is 0 Å². The minimum atomic E-state index is -3.94. The summed E-state index contributed by atoms with van der Waals surface area (Å²) in [4.78, 5) is 28.4. The lowest BCUT2D eigenvalue weighted by atomic mass is 9.95. The van der Waals surface area contributed by atoms with E-state index < -0.39 is 28.7 Å². The molecule has 2 amide bonds. The molecule has 1 aliphatic rings. The van der Waals surface area contributed by atoms with E-state index in [4.69, 9.17) is 0 Å². The van der Waals surface area contributed by atoms with E-state index in [-0.39, 0.29) is 11.9 Å². The lowest BCUT2D eigenvalue weighted by Crippen LogP contribution is -2.54. The molecule has 36 heavy (non-hydrogen) atoms. The highest BCUT2D eigenvalue weighted by atomic mass is 32.2. The molecule has 0 aromatic heterocycles. The Hall–Kier alpha value is -2.91. The quantitative estimate of drug-likeness (QED) is 0.499. The molecule has 0 radical (unpaired) electrons. The number of nitrogens with one attached hydrogen (secondary N) is 1. The first-order valence-corrected chi connectivity index (χ1v) is 14.0. The summed E-state index contributed by atoms with van der Waals surface area (Å²) in [7, 11) is -1.07.